The quantitative estimate of drug-likeness (QED) is 0.140. The second-order valence-electron chi connectivity index (χ2n) is 11.2. The number of halogens is 3. The number of hydrogen-bond acceptors (Lipinski definition) is 5. The van der Waals surface area contributed by atoms with E-state index >= 15 is 0 Å². The first-order valence-corrected chi connectivity index (χ1v) is 17.7. The van der Waals surface area contributed by atoms with Crippen molar-refractivity contribution in [1.29, 1.82) is 0 Å². The summed E-state index contributed by atoms with van der Waals surface area (Å²) < 4.78 is 48.6. The zero-order valence-electron chi connectivity index (χ0n) is 26.9. The van der Waals surface area contributed by atoms with Crippen molar-refractivity contribution in [1.82, 2.24) is 10.2 Å². The highest BCUT2D eigenvalue weighted by molar-refractivity contribution is 7.92. The number of carbonyl (C=O) groups is 2. The number of nitrogens with zero attached hydrogens (tertiary/aromatic N) is 2. The lowest BCUT2D eigenvalue weighted by Gasteiger charge is -2.34. The first-order valence-electron chi connectivity index (χ1n) is 15.5. The molecular formula is C36H38Cl2FN3O5S. The molecule has 0 aliphatic rings. The summed E-state index contributed by atoms with van der Waals surface area (Å²) in [7, 11) is -4.40. The Labute approximate surface area is 291 Å². The normalized spacial score (nSPS) is 12.5. The van der Waals surface area contributed by atoms with Gasteiger partial charge in [-0.3, -0.25) is 13.9 Å². The predicted octanol–water partition coefficient (Wildman–Crippen LogP) is 7.28. The van der Waals surface area contributed by atoms with Gasteiger partial charge in [-0.1, -0.05) is 66.5 Å². The van der Waals surface area contributed by atoms with Gasteiger partial charge in [0.1, 0.15) is 24.2 Å². The molecule has 0 spiro atoms. The predicted molar refractivity (Wildman–Crippen MR) is 187 cm³/mol. The first-order chi connectivity index (χ1) is 22.9. The van der Waals surface area contributed by atoms with Crippen LogP contribution in [-0.2, 0) is 32.6 Å². The fourth-order valence-electron chi connectivity index (χ4n) is 4.97. The molecule has 0 aliphatic carbocycles. The monoisotopic (exact) mass is 713 g/mol. The molecule has 4 aromatic rings. The lowest BCUT2D eigenvalue weighted by atomic mass is 10.0. The third-order valence-electron chi connectivity index (χ3n) is 7.74. The van der Waals surface area contributed by atoms with Crippen LogP contribution < -0.4 is 14.4 Å². The van der Waals surface area contributed by atoms with Crippen molar-refractivity contribution in [3.05, 3.63) is 124 Å². The fourth-order valence-corrected chi connectivity index (χ4v) is 6.85. The third kappa shape index (κ3) is 9.49. The van der Waals surface area contributed by atoms with Crippen molar-refractivity contribution in [2.24, 2.45) is 0 Å². The molecule has 0 saturated carbocycles. The Balaban J connectivity index is 1.83. The molecule has 4 aromatic carbocycles. The van der Waals surface area contributed by atoms with E-state index in [1.807, 2.05) is 51.1 Å². The van der Waals surface area contributed by atoms with E-state index in [1.54, 1.807) is 24.3 Å². The molecular weight excluding hydrogens is 676 g/mol. The summed E-state index contributed by atoms with van der Waals surface area (Å²) in [5, 5.41) is 3.66. The average molecular weight is 715 g/mol. The highest BCUT2D eigenvalue weighted by Gasteiger charge is 2.35. The average Bonchev–Trinajstić information content (AvgIpc) is 3.07. The number of nitrogens with one attached hydrogen (secondary N) is 1. The highest BCUT2D eigenvalue weighted by atomic mass is 35.5. The number of sulfonamides is 1. The van der Waals surface area contributed by atoms with Crippen LogP contribution in [-0.4, -0.2) is 50.4 Å². The van der Waals surface area contributed by atoms with Crippen LogP contribution in [0.1, 0.15) is 38.3 Å². The van der Waals surface area contributed by atoms with E-state index in [-0.39, 0.29) is 34.6 Å². The van der Waals surface area contributed by atoms with E-state index in [1.165, 1.54) is 23.1 Å². The minimum absolute atomic E-state index is 0.117. The molecule has 0 aliphatic heterocycles. The molecule has 2 atom stereocenters. The van der Waals surface area contributed by atoms with Gasteiger partial charge in [-0.15, -0.1) is 0 Å². The van der Waals surface area contributed by atoms with E-state index < -0.39 is 40.2 Å². The zero-order valence-corrected chi connectivity index (χ0v) is 29.2. The SMILES string of the molecule is CCOc1ccc(N(CC(=O)N(Cc2ccc(Cl)cc2Cl)[C@@H](Cc2ccccc2)C(=O)N[C@H](C)CC)S(=O)(=O)c2ccc(F)cc2)cc1. The summed E-state index contributed by atoms with van der Waals surface area (Å²) in [6, 6.07) is 23.4. The zero-order chi connectivity index (χ0) is 34.8. The number of ether oxygens (including phenoxy) is 1. The number of carbonyl (C=O) groups excluding carboxylic acids is 2. The largest absolute Gasteiger partial charge is 0.494 e. The molecule has 0 aromatic heterocycles. The van der Waals surface area contributed by atoms with Crippen LogP contribution in [0.25, 0.3) is 0 Å². The number of amides is 2. The molecule has 48 heavy (non-hydrogen) atoms. The van der Waals surface area contributed by atoms with Crippen LogP contribution in [0.5, 0.6) is 5.75 Å². The van der Waals surface area contributed by atoms with Gasteiger partial charge in [-0.25, -0.2) is 12.8 Å². The fraction of sp³-hybridized carbons (Fsp3) is 0.278. The summed E-state index contributed by atoms with van der Waals surface area (Å²) in [6.07, 6.45) is 0.802. The highest BCUT2D eigenvalue weighted by Crippen LogP contribution is 2.28. The van der Waals surface area contributed by atoms with Crippen molar-refractivity contribution in [2.75, 3.05) is 17.5 Å². The maximum absolute atomic E-state index is 14.6. The first kappa shape index (κ1) is 36.7. The summed E-state index contributed by atoms with van der Waals surface area (Å²) in [5.41, 5.74) is 1.48. The van der Waals surface area contributed by atoms with Crippen LogP contribution >= 0.6 is 23.2 Å². The van der Waals surface area contributed by atoms with Gasteiger partial charge < -0.3 is 15.0 Å². The van der Waals surface area contributed by atoms with Crippen molar-refractivity contribution >= 4 is 50.7 Å². The Morgan fingerprint density at radius 2 is 1.58 bits per heavy atom. The standard InChI is InChI=1S/C36H38Cl2FN3O5S/c1-4-25(3)40-36(44)34(21-26-9-7-6-8-10-26)41(23-27-11-12-28(37)22-33(27)38)35(43)24-42(30-15-17-31(18-16-30)47-5-2)48(45,46)32-19-13-29(39)14-20-32/h6-20,22,25,34H,4-5,21,23-24H2,1-3H3,(H,40,44)/t25-,34+/m1/s1. The van der Waals surface area contributed by atoms with Crippen LogP contribution in [0.4, 0.5) is 10.1 Å². The van der Waals surface area contributed by atoms with Crippen molar-refractivity contribution in [2.45, 2.75) is 57.1 Å². The van der Waals surface area contributed by atoms with Gasteiger partial charge in [0.2, 0.25) is 11.8 Å². The van der Waals surface area contributed by atoms with E-state index in [4.69, 9.17) is 27.9 Å². The maximum Gasteiger partial charge on any atom is 0.264 e. The molecule has 254 valence electrons. The molecule has 0 saturated heterocycles. The van der Waals surface area contributed by atoms with E-state index in [0.717, 1.165) is 34.1 Å². The summed E-state index contributed by atoms with van der Waals surface area (Å²) >= 11 is 12.7. The number of rotatable bonds is 15. The lowest BCUT2D eigenvalue weighted by molar-refractivity contribution is -0.140. The van der Waals surface area contributed by atoms with Gasteiger partial charge in [0.25, 0.3) is 10.0 Å². The van der Waals surface area contributed by atoms with Gasteiger partial charge in [-0.05, 0) is 92.1 Å². The van der Waals surface area contributed by atoms with Crippen LogP contribution in [0.2, 0.25) is 10.0 Å². The molecule has 0 unspecified atom stereocenters. The molecule has 2 amide bonds. The number of benzene rings is 4. The summed E-state index contributed by atoms with van der Waals surface area (Å²) in [4.78, 5) is 29.7. The molecule has 8 nitrogen and oxygen atoms in total. The maximum atomic E-state index is 14.6. The van der Waals surface area contributed by atoms with Gasteiger partial charge in [0.15, 0.2) is 0 Å². The third-order valence-corrected chi connectivity index (χ3v) is 10.1. The van der Waals surface area contributed by atoms with E-state index in [2.05, 4.69) is 5.32 Å². The van der Waals surface area contributed by atoms with Crippen LogP contribution in [0.3, 0.4) is 0 Å². The smallest absolute Gasteiger partial charge is 0.264 e. The number of hydrogen-bond donors (Lipinski definition) is 1. The molecule has 0 radical (unpaired) electrons. The van der Waals surface area contributed by atoms with Crippen molar-refractivity contribution in [3.63, 3.8) is 0 Å². The Morgan fingerprint density at radius 3 is 2.19 bits per heavy atom. The van der Waals surface area contributed by atoms with Crippen LogP contribution in [0, 0.1) is 5.82 Å². The van der Waals surface area contributed by atoms with Gasteiger partial charge in [0, 0.05) is 29.1 Å². The van der Waals surface area contributed by atoms with Crippen molar-refractivity contribution < 1.29 is 27.1 Å². The second kappa shape index (κ2) is 16.8. The Hall–Kier alpha value is -4.12. The summed E-state index contributed by atoms with van der Waals surface area (Å²) in [6.45, 7) is 5.22. The topological polar surface area (TPSA) is 96.0 Å². The Kier molecular flexibility index (Phi) is 12.9. The molecule has 4 rings (SSSR count). The molecule has 0 fully saturated rings. The Bertz CT molecular complexity index is 1790. The molecule has 12 heteroatoms. The molecule has 0 bridgehead atoms. The van der Waals surface area contributed by atoms with Gasteiger partial charge in [0.05, 0.1) is 17.2 Å². The number of anilines is 1. The Morgan fingerprint density at radius 1 is 0.917 bits per heavy atom. The molecule has 0 heterocycles. The summed E-state index contributed by atoms with van der Waals surface area (Å²) in [5.74, 6) is -1.17. The van der Waals surface area contributed by atoms with E-state index in [0.29, 0.717) is 29.4 Å². The van der Waals surface area contributed by atoms with Gasteiger partial charge >= 0.3 is 0 Å². The van der Waals surface area contributed by atoms with E-state index in [9.17, 15) is 22.4 Å². The second-order valence-corrected chi connectivity index (χ2v) is 13.9. The lowest BCUT2D eigenvalue weighted by Crippen LogP contribution is -2.54. The molecule has 1 N–H and O–H groups in total. The van der Waals surface area contributed by atoms with Crippen molar-refractivity contribution in [3.8, 4) is 5.75 Å². The van der Waals surface area contributed by atoms with Gasteiger partial charge in [-0.2, -0.15) is 0 Å². The minimum atomic E-state index is -4.40. The minimum Gasteiger partial charge on any atom is -0.494 e. The van der Waals surface area contributed by atoms with Crippen LogP contribution in [0.15, 0.2) is 102 Å².